The fraction of sp³-hybridized carbons (Fsp3) is 0.462. The molecule has 0 aliphatic carbocycles. The summed E-state index contributed by atoms with van der Waals surface area (Å²) in [5, 5.41) is 10.2. The minimum atomic E-state index is -2.88. The summed E-state index contributed by atoms with van der Waals surface area (Å²) in [5.74, 6) is 1.81. The molecule has 110 valence electrons. The van der Waals surface area contributed by atoms with Crippen molar-refractivity contribution in [1.29, 1.82) is 0 Å². The number of aromatic nitrogens is 2. The summed E-state index contributed by atoms with van der Waals surface area (Å²) >= 11 is 0. The third kappa shape index (κ3) is 4.21. The lowest BCUT2D eigenvalue weighted by Crippen LogP contribution is -2.17. The number of hydrogen-bond acceptors (Lipinski definition) is 5. The van der Waals surface area contributed by atoms with Gasteiger partial charge in [-0.2, -0.15) is 5.10 Å². The van der Waals surface area contributed by atoms with Crippen molar-refractivity contribution in [2.75, 3.05) is 18.6 Å². The van der Waals surface area contributed by atoms with E-state index in [9.17, 15) is 8.42 Å². The zero-order valence-corrected chi connectivity index (χ0v) is 12.5. The van der Waals surface area contributed by atoms with Crippen molar-refractivity contribution in [2.45, 2.75) is 19.9 Å². The van der Waals surface area contributed by atoms with Crippen LogP contribution in [0.4, 0.5) is 0 Å². The Morgan fingerprint density at radius 2 is 2.20 bits per heavy atom. The molecule has 0 spiro atoms. The van der Waals surface area contributed by atoms with Crippen LogP contribution < -0.4 is 5.32 Å². The first-order valence-corrected chi connectivity index (χ1v) is 8.49. The van der Waals surface area contributed by atoms with Crippen LogP contribution in [0.15, 0.2) is 22.7 Å². The number of aromatic amines is 1. The van der Waals surface area contributed by atoms with Crippen molar-refractivity contribution in [1.82, 2.24) is 15.5 Å². The van der Waals surface area contributed by atoms with Crippen molar-refractivity contribution in [2.24, 2.45) is 0 Å². The van der Waals surface area contributed by atoms with Gasteiger partial charge in [0, 0.05) is 18.4 Å². The molecule has 0 atom stereocenters. The molecule has 0 amide bonds. The number of nitrogens with zero attached hydrogens (tertiary/aromatic N) is 1. The maximum atomic E-state index is 11.0. The van der Waals surface area contributed by atoms with E-state index < -0.39 is 9.84 Å². The predicted molar refractivity (Wildman–Crippen MR) is 77.1 cm³/mol. The van der Waals surface area contributed by atoms with E-state index in [1.54, 1.807) is 6.20 Å². The molecular weight excluding hydrogens is 278 g/mol. The first-order valence-electron chi connectivity index (χ1n) is 6.43. The second-order valence-electron chi connectivity index (χ2n) is 4.84. The first kappa shape index (κ1) is 14.8. The van der Waals surface area contributed by atoms with E-state index in [0.29, 0.717) is 19.5 Å². The largest absolute Gasteiger partial charge is 0.460 e. The van der Waals surface area contributed by atoms with Crippen molar-refractivity contribution >= 4 is 9.84 Å². The topological polar surface area (TPSA) is 88.0 Å². The van der Waals surface area contributed by atoms with Crippen LogP contribution in [0, 0.1) is 6.92 Å². The number of furan rings is 1. The number of H-pyrrole nitrogens is 1. The van der Waals surface area contributed by atoms with E-state index in [4.69, 9.17) is 4.42 Å². The van der Waals surface area contributed by atoms with Crippen molar-refractivity contribution < 1.29 is 12.8 Å². The van der Waals surface area contributed by atoms with Gasteiger partial charge in [-0.15, -0.1) is 0 Å². The summed E-state index contributed by atoms with van der Waals surface area (Å²) in [6.07, 6.45) is 3.60. The molecule has 0 aliphatic rings. The number of aryl methyl sites for hydroxylation is 1. The van der Waals surface area contributed by atoms with Gasteiger partial charge in [-0.3, -0.25) is 5.10 Å². The smallest absolute Gasteiger partial charge is 0.152 e. The number of rotatable bonds is 7. The lowest BCUT2D eigenvalue weighted by atomic mass is 10.2. The average molecular weight is 297 g/mol. The maximum Gasteiger partial charge on any atom is 0.152 e. The van der Waals surface area contributed by atoms with E-state index in [2.05, 4.69) is 15.5 Å². The van der Waals surface area contributed by atoms with Gasteiger partial charge in [-0.05, 0) is 32.0 Å². The molecule has 0 radical (unpaired) electrons. The minimum absolute atomic E-state index is 0.204. The van der Waals surface area contributed by atoms with Crippen LogP contribution in [-0.2, 0) is 16.4 Å². The number of hydrogen-bond donors (Lipinski definition) is 2. The SMILES string of the molecule is Cc1ccc(-c2[nH]ncc2CNCCCS(C)(=O)=O)o1. The molecule has 2 aromatic rings. The Bertz CT molecular complexity index is 658. The van der Waals surface area contributed by atoms with Crippen LogP contribution in [0.25, 0.3) is 11.5 Å². The first-order chi connectivity index (χ1) is 9.46. The molecule has 2 heterocycles. The monoisotopic (exact) mass is 297 g/mol. The molecule has 2 rings (SSSR count). The third-order valence-corrected chi connectivity index (χ3v) is 3.92. The summed E-state index contributed by atoms with van der Waals surface area (Å²) in [7, 11) is -2.88. The van der Waals surface area contributed by atoms with Crippen LogP contribution in [0.3, 0.4) is 0 Å². The van der Waals surface area contributed by atoms with Gasteiger partial charge >= 0.3 is 0 Å². The molecule has 0 bridgehead atoms. The lowest BCUT2D eigenvalue weighted by molar-refractivity contribution is 0.545. The van der Waals surface area contributed by atoms with Gasteiger partial charge in [0.2, 0.25) is 0 Å². The Balaban J connectivity index is 1.87. The highest BCUT2D eigenvalue weighted by molar-refractivity contribution is 7.90. The summed E-state index contributed by atoms with van der Waals surface area (Å²) in [4.78, 5) is 0. The summed E-state index contributed by atoms with van der Waals surface area (Å²) in [6.45, 7) is 3.16. The Morgan fingerprint density at radius 1 is 1.40 bits per heavy atom. The van der Waals surface area contributed by atoms with Crippen molar-refractivity contribution in [3.05, 3.63) is 29.7 Å². The molecular formula is C13H19N3O3S. The van der Waals surface area contributed by atoms with Crippen molar-refractivity contribution in [3.63, 3.8) is 0 Å². The van der Waals surface area contributed by atoms with Gasteiger partial charge in [0.15, 0.2) is 5.76 Å². The van der Waals surface area contributed by atoms with Crippen LogP contribution in [0.5, 0.6) is 0 Å². The molecule has 0 saturated heterocycles. The van der Waals surface area contributed by atoms with E-state index in [1.165, 1.54) is 6.26 Å². The zero-order chi connectivity index (χ0) is 14.6. The van der Waals surface area contributed by atoms with E-state index in [1.807, 2.05) is 19.1 Å². The molecule has 0 aliphatic heterocycles. The Hall–Kier alpha value is -1.60. The quantitative estimate of drug-likeness (QED) is 0.756. The fourth-order valence-electron chi connectivity index (χ4n) is 1.91. The second-order valence-corrected chi connectivity index (χ2v) is 7.10. The molecule has 2 N–H and O–H groups in total. The number of sulfone groups is 1. The van der Waals surface area contributed by atoms with Crippen molar-refractivity contribution in [3.8, 4) is 11.5 Å². The fourth-order valence-corrected chi connectivity index (χ4v) is 2.58. The maximum absolute atomic E-state index is 11.0. The Labute approximate surface area is 118 Å². The average Bonchev–Trinajstić information content (AvgIpc) is 2.95. The van der Waals surface area contributed by atoms with Gasteiger partial charge in [0.1, 0.15) is 21.3 Å². The predicted octanol–water partition coefficient (Wildman–Crippen LogP) is 1.50. The van der Waals surface area contributed by atoms with Crippen LogP contribution >= 0.6 is 0 Å². The highest BCUT2D eigenvalue weighted by Gasteiger charge is 2.10. The zero-order valence-electron chi connectivity index (χ0n) is 11.6. The van der Waals surface area contributed by atoms with Crippen LogP contribution in [-0.4, -0.2) is 37.2 Å². The van der Waals surface area contributed by atoms with Gasteiger partial charge in [0.25, 0.3) is 0 Å². The van der Waals surface area contributed by atoms with Crippen LogP contribution in [0.1, 0.15) is 17.7 Å². The Morgan fingerprint density at radius 3 is 2.85 bits per heavy atom. The van der Waals surface area contributed by atoms with E-state index in [-0.39, 0.29) is 5.75 Å². The van der Waals surface area contributed by atoms with Gasteiger partial charge in [-0.1, -0.05) is 0 Å². The molecule has 0 aromatic carbocycles. The van der Waals surface area contributed by atoms with Crippen LogP contribution in [0.2, 0.25) is 0 Å². The normalized spacial score (nSPS) is 11.9. The molecule has 7 heteroatoms. The molecule has 0 unspecified atom stereocenters. The highest BCUT2D eigenvalue weighted by Crippen LogP contribution is 2.23. The van der Waals surface area contributed by atoms with Gasteiger partial charge < -0.3 is 9.73 Å². The van der Waals surface area contributed by atoms with E-state index in [0.717, 1.165) is 22.8 Å². The highest BCUT2D eigenvalue weighted by atomic mass is 32.2. The summed E-state index contributed by atoms with van der Waals surface area (Å²) < 4.78 is 27.6. The Kier molecular flexibility index (Phi) is 4.61. The standard InChI is InChI=1S/C13H19N3O3S/c1-10-4-5-12(19-10)13-11(9-15-16-13)8-14-6-3-7-20(2,17)18/h4-5,9,14H,3,6-8H2,1-2H3,(H,15,16). The van der Waals surface area contributed by atoms with Gasteiger partial charge in [-0.25, -0.2) is 8.42 Å². The number of nitrogens with one attached hydrogen (secondary N) is 2. The summed E-state index contributed by atoms with van der Waals surface area (Å²) in [5.41, 5.74) is 1.85. The van der Waals surface area contributed by atoms with Gasteiger partial charge in [0.05, 0.1) is 11.9 Å². The lowest BCUT2D eigenvalue weighted by Gasteiger charge is -2.04. The van der Waals surface area contributed by atoms with E-state index >= 15 is 0 Å². The molecule has 0 saturated carbocycles. The third-order valence-electron chi connectivity index (χ3n) is 2.89. The molecule has 20 heavy (non-hydrogen) atoms. The second kappa shape index (κ2) is 6.23. The minimum Gasteiger partial charge on any atom is -0.460 e. The molecule has 2 aromatic heterocycles. The molecule has 0 fully saturated rings. The summed E-state index contributed by atoms with van der Waals surface area (Å²) in [6, 6.07) is 3.80. The molecule has 6 nitrogen and oxygen atoms in total.